The van der Waals surface area contributed by atoms with E-state index >= 15 is 0 Å². The number of Topliss-reactive ketones (excluding diaryl/α,β-unsaturated/α-hetero) is 1. The fraction of sp³-hybridized carbons (Fsp3) is 0.417. The Hall–Kier alpha value is -1.02. The lowest BCUT2D eigenvalue weighted by Gasteiger charge is -2.19. The van der Waals surface area contributed by atoms with E-state index in [1.807, 2.05) is 12.1 Å². The minimum absolute atomic E-state index is 0.0145. The Morgan fingerprint density at radius 1 is 1.47 bits per heavy atom. The monoisotopic (exact) mass is 223 g/mol. The van der Waals surface area contributed by atoms with Gasteiger partial charge in [-0.15, -0.1) is 0 Å². The average Bonchev–Trinajstić information content (AvgIpc) is 2.99. The van der Waals surface area contributed by atoms with E-state index in [4.69, 9.17) is 11.6 Å². The van der Waals surface area contributed by atoms with E-state index in [0.717, 1.165) is 5.69 Å². The summed E-state index contributed by atoms with van der Waals surface area (Å²) < 4.78 is 0. The van der Waals surface area contributed by atoms with Gasteiger partial charge >= 0.3 is 0 Å². The first kappa shape index (κ1) is 10.5. The molecule has 0 radical (unpaired) electrons. The third kappa shape index (κ3) is 2.15. The molecule has 0 N–H and O–H groups in total. The van der Waals surface area contributed by atoms with Gasteiger partial charge in [0.2, 0.25) is 0 Å². The molecule has 1 saturated carbocycles. The van der Waals surface area contributed by atoms with E-state index in [-0.39, 0.29) is 5.78 Å². The summed E-state index contributed by atoms with van der Waals surface area (Å²) in [7, 11) is 2.07. The summed E-state index contributed by atoms with van der Waals surface area (Å²) in [5.74, 6) is 0.0145. The van der Waals surface area contributed by atoms with Gasteiger partial charge in [0.05, 0.1) is 5.02 Å². The van der Waals surface area contributed by atoms with Gasteiger partial charge in [-0.2, -0.15) is 0 Å². The first-order valence-electron chi connectivity index (χ1n) is 5.13. The minimum Gasteiger partial charge on any atom is -0.372 e. The van der Waals surface area contributed by atoms with Crippen molar-refractivity contribution in [3.05, 3.63) is 28.8 Å². The molecule has 0 unspecified atom stereocenters. The number of anilines is 1. The molecule has 80 valence electrons. The second kappa shape index (κ2) is 3.86. The summed E-state index contributed by atoms with van der Waals surface area (Å²) >= 11 is 6.05. The summed E-state index contributed by atoms with van der Waals surface area (Å²) in [6, 6.07) is 6.29. The highest BCUT2D eigenvalue weighted by Crippen LogP contribution is 2.32. The Kier molecular flexibility index (Phi) is 2.70. The van der Waals surface area contributed by atoms with E-state index in [1.54, 1.807) is 6.07 Å². The normalized spacial score (nSPS) is 15.1. The maximum Gasteiger partial charge on any atom is 0.161 e. The standard InChI is InChI=1S/C12H14ClNO/c1-8(15)11-6-5-10(7-12(11)13)14(2)9-3-4-9/h5-7,9H,3-4H2,1-2H3. The number of rotatable bonds is 3. The highest BCUT2D eigenvalue weighted by Gasteiger charge is 2.26. The van der Waals surface area contributed by atoms with Crippen LogP contribution in [0.5, 0.6) is 0 Å². The lowest BCUT2D eigenvalue weighted by atomic mass is 10.1. The molecule has 1 aliphatic carbocycles. The molecule has 1 fully saturated rings. The van der Waals surface area contributed by atoms with Crippen LogP contribution in [0, 0.1) is 0 Å². The topological polar surface area (TPSA) is 20.3 Å². The molecule has 1 aliphatic rings. The summed E-state index contributed by atoms with van der Waals surface area (Å²) in [5.41, 5.74) is 1.69. The van der Waals surface area contributed by atoms with Gasteiger partial charge in [-0.25, -0.2) is 0 Å². The molecule has 0 atom stereocenters. The van der Waals surface area contributed by atoms with Crippen molar-refractivity contribution in [1.82, 2.24) is 0 Å². The van der Waals surface area contributed by atoms with Crippen LogP contribution in [0.1, 0.15) is 30.1 Å². The van der Waals surface area contributed by atoms with Crippen molar-refractivity contribution in [3.63, 3.8) is 0 Å². The van der Waals surface area contributed by atoms with Gasteiger partial charge in [-0.3, -0.25) is 4.79 Å². The molecule has 15 heavy (non-hydrogen) atoms. The van der Waals surface area contributed by atoms with E-state index in [1.165, 1.54) is 19.8 Å². The van der Waals surface area contributed by atoms with Crippen molar-refractivity contribution >= 4 is 23.1 Å². The number of hydrogen-bond donors (Lipinski definition) is 0. The molecule has 3 heteroatoms. The number of benzene rings is 1. The van der Waals surface area contributed by atoms with Crippen molar-refractivity contribution in [3.8, 4) is 0 Å². The number of carbonyl (C=O) groups excluding carboxylic acids is 1. The Bertz CT molecular complexity index is 399. The van der Waals surface area contributed by atoms with Gasteiger partial charge in [0.15, 0.2) is 5.78 Å². The summed E-state index contributed by atoms with van der Waals surface area (Å²) in [6.45, 7) is 1.53. The summed E-state index contributed by atoms with van der Waals surface area (Å²) in [4.78, 5) is 13.4. The number of halogens is 1. The lowest BCUT2D eigenvalue weighted by molar-refractivity contribution is 0.101. The molecule has 0 aromatic heterocycles. The number of hydrogen-bond acceptors (Lipinski definition) is 2. The first-order chi connectivity index (χ1) is 7.09. The van der Waals surface area contributed by atoms with Crippen LogP contribution >= 0.6 is 11.6 Å². The van der Waals surface area contributed by atoms with Crippen molar-refractivity contribution in [2.45, 2.75) is 25.8 Å². The quantitative estimate of drug-likeness (QED) is 0.734. The molecule has 0 heterocycles. The van der Waals surface area contributed by atoms with Gasteiger partial charge in [-0.1, -0.05) is 11.6 Å². The molecule has 1 aromatic carbocycles. The molecule has 0 amide bonds. The fourth-order valence-corrected chi connectivity index (χ4v) is 1.99. The molecule has 0 spiro atoms. The highest BCUT2D eigenvalue weighted by atomic mass is 35.5. The van der Waals surface area contributed by atoms with Crippen molar-refractivity contribution in [2.24, 2.45) is 0 Å². The van der Waals surface area contributed by atoms with Gasteiger partial charge < -0.3 is 4.90 Å². The zero-order valence-corrected chi connectivity index (χ0v) is 9.71. The smallest absolute Gasteiger partial charge is 0.161 e. The van der Waals surface area contributed by atoms with E-state index < -0.39 is 0 Å². The van der Waals surface area contributed by atoms with Crippen molar-refractivity contribution < 1.29 is 4.79 Å². The van der Waals surface area contributed by atoms with E-state index in [2.05, 4.69) is 11.9 Å². The van der Waals surface area contributed by atoms with Crippen LogP contribution in [-0.4, -0.2) is 18.9 Å². The SMILES string of the molecule is CC(=O)c1ccc(N(C)C2CC2)cc1Cl. The molecular formula is C12H14ClNO. The number of carbonyl (C=O) groups is 1. The first-order valence-corrected chi connectivity index (χ1v) is 5.50. The molecule has 0 aliphatic heterocycles. The zero-order valence-electron chi connectivity index (χ0n) is 8.96. The third-order valence-electron chi connectivity index (χ3n) is 2.83. The molecule has 0 saturated heterocycles. The van der Waals surface area contributed by atoms with E-state index in [9.17, 15) is 4.79 Å². The highest BCUT2D eigenvalue weighted by molar-refractivity contribution is 6.34. The Morgan fingerprint density at radius 3 is 2.60 bits per heavy atom. The Labute approximate surface area is 94.8 Å². The van der Waals surface area contributed by atoms with Crippen LogP contribution < -0.4 is 4.90 Å². The van der Waals surface area contributed by atoms with E-state index in [0.29, 0.717) is 16.6 Å². The van der Waals surface area contributed by atoms with Gasteiger partial charge in [0, 0.05) is 24.3 Å². The fourth-order valence-electron chi connectivity index (χ4n) is 1.68. The summed E-state index contributed by atoms with van der Waals surface area (Å²) in [6.07, 6.45) is 2.51. The number of nitrogens with zero attached hydrogens (tertiary/aromatic N) is 1. The molecular weight excluding hydrogens is 210 g/mol. The zero-order chi connectivity index (χ0) is 11.0. The molecule has 1 aromatic rings. The average molecular weight is 224 g/mol. The minimum atomic E-state index is 0.0145. The Morgan fingerprint density at radius 2 is 2.13 bits per heavy atom. The number of ketones is 1. The van der Waals surface area contributed by atoms with Crippen LogP contribution in [0.2, 0.25) is 5.02 Å². The summed E-state index contributed by atoms with van der Waals surface area (Å²) in [5, 5.41) is 0.549. The van der Waals surface area contributed by atoms with Gasteiger partial charge in [0.1, 0.15) is 0 Å². The maximum atomic E-state index is 11.2. The van der Waals surface area contributed by atoms with Gasteiger partial charge in [0.25, 0.3) is 0 Å². The third-order valence-corrected chi connectivity index (χ3v) is 3.15. The maximum absolute atomic E-state index is 11.2. The van der Waals surface area contributed by atoms with Crippen LogP contribution in [0.25, 0.3) is 0 Å². The molecule has 0 bridgehead atoms. The predicted octanol–water partition coefficient (Wildman–Crippen LogP) is 3.14. The second-order valence-corrected chi connectivity index (χ2v) is 4.47. The second-order valence-electron chi connectivity index (χ2n) is 4.06. The molecule has 2 rings (SSSR count). The van der Waals surface area contributed by atoms with Gasteiger partial charge in [-0.05, 0) is 38.0 Å². The van der Waals surface area contributed by atoms with Crippen LogP contribution in [0.3, 0.4) is 0 Å². The lowest BCUT2D eigenvalue weighted by Crippen LogP contribution is -2.19. The van der Waals surface area contributed by atoms with Crippen LogP contribution in [0.15, 0.2) is 18.2 Å². The largest absolute Gasteiger partial charge is 0.372 e. The van der Waals surface area contributed by atoms with Crippen LogP contribution in [0.4, 0.5) is 5.69 Å². The molecule has 2 nitrogen and oxygen atoms in total. The Balaban J connectivity index is 2.28. The van der Waals surface area contributed by atoms with Crippen molar-refractivity contribution in [2.75, 3.05) is 11.9 Å². The van der Waals surface area contributed by atoms with Crippen LogP contribution in [-0.2, 0) is 0 Å². The van der Waals surface area contributed by atoms with Crippen molar-refractivity contribution in [1.29, 1.82) is 0 Å². The predicted molar refractivity (Wildman–Crippen MR) is 62.9 cm³/mol.